The third-order valence-corrected chi connectivity index (χ3v) is 4.38. The maximum Gasteiger partial charge on any atom is 0.306 e. The molecule has 0 rings (SSSR count). The first-order valence-electron chi connectivity index (χ1n) is 10.2. The SMILES string of the molecule is CCCCCCCCCCOC(=O)CCC(=O)OC(C(C)C)C(C)C. The van der Waals surface area contributed by atoms with Gasteiger partial charge < -0.3 is 9.47 Å². The quantitative estimate of drug-likeness (QED) is 0.280. The molecule has 0 atom stereocenters. The molecule has 0 aromatic heterocycles. The summed E-state index contributed by atoms with van der Waals surface area (Å²) in [4.78, 5) is 23.5. The molecule has 4 nitrogen and oxygen atoms in total. The number of hydrogen-bond donors (Lipinski definition) is 0. The highest BCUT2D eigenvalue weighted by Gasteiger charge is 2.22. The van der Waals surface area contributed by atoms with Crippen LogP contribution in [0.5, 0.6) is 0 Å². The maximum absolute atomic E-state index is 11.9. The van der Waals surface area contributed by atoms with Crippen LogP contribution in [0.15, 0.2) is 0 Å². The normalized spacial score (nSPS) is 11.4. The molecule has 0 aliphatic heterocycles. The Morgan fingerprint density at radius 2 is 1.20 bits per heavy atom. The van der Waals surface area contributed by atoms with Gasteiger partial charge in [0.25, 0.3) is 0 Å². The van der Waals surface area contributed by atoms with E-state index >= 15 is 0 Å². The Morgan fingerprint density at radius 1 is 0.720 bits per heavy atom. The zero-order chi connectivity index (χ0) is 19.1. The largest absolute Gasteiger partial charge is 0.466 e. The Labute approximate surface area is 155 Å². The average molecular weight is 357 g/mol. The molecule has 0 unspecified atom stereocenters. The van der Waals surface area contributed by atoms with Crippen LogP contribution in [-0.2, 0) is 19.1 Å². The van der Waals surface area contributed by atoms with Crippen molar-refractivity contribution in [3.05, 3.63) is 0 Å². The summed E-state index contributed by atoms with van der Waals surface area (Å²) in [5.74, 6) is -0.0577. The van der Waals surface area contributed by atoms with Gasteiger partial charge in [0, 0.05) is 0 Å². The first kappa shape index (κ1) is 23.9. The molecule has 0 spiro atoms. The molecule has 4 heteroatoms. The van der Waals surface area contributed by atoms with Crippen LogP contribution >= 0.6 is 0 Å². The van der Waals surface area contributed by atoms with E-state index in [9.17, 15) is 9.59 Å². The van der Waals surface area contributed by atoms with Gasteiger partial charge >= 0.3 is 11.9 Å². The molecule has 0 fully saturated rings. The van der Waals surface area contributed by atoms with Crippen LogP contribution in [0.2, 0.25) is 0 Å². The van der Waals surface area contributed by atoms with Gasteiger partial charge in [-0.2, -0.15) is 0 Å². The molecule has 0 heterocycles. The van der Waals surface area contributed by atoms with Crippen molar-refractivity contribution in [2.75, 3.05) is 6.61 Å². The van der Waals surface area contributed by atoms with Gasteiger partial charge in [0.1, 0.15) is 6.10 Å². The number of ether oxygens (including phenoxy) is 2. The smallest absolute Gasteiger partial charge is 0.306 e. The zero-order valence-corrected chi connectivity index (χ0v) is 17.1. The van der Waals surface area contributed by atoms with Crippen molar-refractivity contribution in [3.63, 3.8) is 0 Å². The predicted molar refractivity (Wildman–Crippen MR) is 102 cm³/mol. The van der Waals surface area contributed by atoms with Crippen LogP contribution in [0, 0.1) is 11.8 Å². The lowest BCUT2D eigenvalue weighted by molar-refractivity contribution is -0.157. The van der Waals surface area contributed by atoms with Crippen LogP contribution in [0.3, 0.4) is 0 Å². The predicted octanol–water partition coefficient (Wildman–Crippen LogP) is 5.67. The number of esters is 2. The Morgan fingerprint density at radius 3 is 1.72 bits per heavy atom. The summed E-state index contributed by atoms with van der Waals surface area (Å²) in [6, 6.07) is 0. The number of carbonyl (C=O) groups is 2. The van der Waals surface area contributed by atoms with Crippen molar-refractivity contribution in [1.82, 2.24) is 0 Å². The van der Waals surface area contributed by atoms with Crippen molar-refractivity contribution in [1.29, 1.82) is 0 Å². The van der Waals surface area contributed by atoms with Crippen LogP contribution in [0.4, 0.5) is 0 Å². The van der Waals surface area contributed by atoms with Gasteiger partial charge in [0.15, 0.2) is 0 Å². The second kappa shape index (κ2) is 15.2. The molecule has 0 N–H and O–H groups in total. The molecule has 0 aliphatic carbocycles. The Bertz CT molecular complexity index is 342. The summed E-state index contributed by atoms with van der Waals surface area (Å²) in [6.07, 6.45) is 9.85. The van der Waals surface area contributed by atoms with Gasteiger partial charge in [-0.3, -0.25) is 9.59 Å². The van der Waals surface area contributed by atoms with E-state index in [1.165, 1.54) is 38.5 Å². The fourth-order valence-corrected chi connectivity index (χ4v) is 2.95. The molecule has 0 aromatic rings. The fraction of sp³-hybridized carbons (Fsp3) is 0.905. The van der Waals surface area contributed by atoms with Gasteiger partial charge in [-0.15, -0.1) is 0 Å². The van der Waals surface area contributed by atoms with Gasteiger partial charge in [-0.25, -0.2) is 0 Å². The van der Waals surface area contributed by atoms with Gasteiger partial charge in [-0.1, -0.05) is 79.6 Å². The molecule has 0 amide bonds. The van der Waals surface area contributed by atoms with Crippen molar-refractivity contribution >= 4 is 11.9 Å². The molecule has 0 saturated carbocycles. The van der Waals surface area contributed by atoms with E-state index in [0.717, 1.165) is 12.8 Å². The van der Waals surface area contributed by atoms with Crippen molar-refractivity contribution in [3.8, 4) is 0 Å². The number of carbonyl (C=O) groups excluding carboxylic acids is 2. The topological polar surface area (TPSA) is 52.6 Å². The number of hydrogen-bond acceptors (Lipinski definition) is 4. The summed E-state index contributed by atoms with van der Waals surface area (Å²) in [6.45, 7) is 10.8. The van der Waals surface area contributed by atoms with Crippen molar-refractivity contribution in [2.24, 2.45) is 11.8 Å². The van der Waals surface area contributed by atoms with E-state index in [4.69, 9.17) is 9.47 Å². The number of rotatable bonds is 15. The Kier molecular flexibility index (Phi) is 14.6. The molecular formula is C21H40O4. The lowest BCUT2D eigenvalue weighted by Crippen LogP contribution is -2.29. The highest BCUT2D eigenvalue weighted by Crippen LogP contribution is 2.17. The highest BCUT2D eigenvalue weighted by atomic mass is 16.5. The van der Waals surface area contributed by atoms with E-state index < -0.39 is 0 Å². The van der Waals surface area contributed by atoms with Gasteiger partial charge in [0.2, 0.25) is 0 Å². The summed E-state index contributed by atoms with van der Waals surface area (Å²) >= 11 is 0. The van der Waals surface area contributed by atoms with E-state index in [0.29, 0.717) is 6.61 Å². The first-order valence-corrected chi connectivity index (χ1v) is 10.2. The minimum Gasteiger partial charge on any atom is -0.466 e. The van der Waals surface area contributed by atoms with Gasteiger partial charge in [-0.05, 0) is 18.3 Å². The first-order chi connectivity index (χ1) is 11.9. The average Bonchev–Trinajstić information content (AvgIpc) is 2.55. The summed E-state index contributed by atoms with van der Waals surface area (Å²) in [5.41, 5.74) is 0. The molecule has 0 saturated heterocycles. The molecule has 25 heavy (non-hydrogen) atoms. The van der Waals surface area contributed by atoms with Crippen LogP contribution in [-0.4, -0.2) is 24.6 Å². The summed E-state index contributed by atoms with van der Waals surface area (Å²) in [7, 11) is 0. The highest BCUT2D eigenvalue weighted by molar-refractivity contribution is 5.77. The second-order valence-corrected chi connectivity index (χ2v) is 7.64. The van der Waals surface area contributed by atoms with Crippen molar-refractivity contribution < 1.29 is 19.1 Å². The number of unbranched alkanes of at least 4 members (excludes halogenated alkanes) is 7. The third-order valence-electron chi connectivity index (χ3n) is 4.38. The van der Waals surface area contributed by atoms with Gasteiger partial charge in [0.05, 0.1) is 19.4 Å². The minimum absolute atomic E-state index is 0.0964. The molecule has 0 aliphatic rings. The molecule has 0 radical (unpaired) electrons. The van der Waals surface area contributed by atoms with E-state index in [1.807, 2.05) is 27.7 Å². The lowest BCUT2D eigenvalue weighted by Gasteiger charge is -2.24. The Hall–Kier alpha value is -1.06. The molecule has 148 valence electrons. The third kappa shape index (κ3) is 13.9. The molecule has 0 bridgehead atoms. The summed E-state index contributed by atoms with van der Waals surface area (Å²) in [5, 5.41) is 0. The molecule has 0 aromatic carbocycles. The fourth-order valence-electron chi connectivity index (χ4n) is 2.95. The van der Waals surface area contributed by atoms with E-state index in [-0.39, 0.29) is 42.7 Å². The molecular weight excluding hydrogens is 316 g/mol. The second-order valence-electron chi connectivity index (χ2n) is 7.64. The maximum atomic E-state index is 11.9. The monoisotopic (exact) mass is 356 g/mol. The summed E-state index contributed by atoms with van der Waals surface area (Å²) < 4.78 is 10.7. The Balaban J connectivity index is 3.65. The van der Waals surface area contributed by atoms with E-state index in [1.54, 1.807) is 0 Å². The van der Waals surface area contributed by atoms with E-state index in [2.05, 4.69) is 6.92 Å². The van der Waals surface area contributed by atoms with Crippen molar-refractivity contribution in [2.45, 2.75) is 105 Å². The van der Waals surface area contributed by atoms with Crippen LogP contribution in [0.1, 0.15) is 98.8 Å². The lowest BCUT2D eigenvalue weighted by atomic mass is 9.96. The minimum atomic E-state index is -0.309. The van der Waals surface area contributed by atoms with Crippen LogP contribution in [0.25, 0.3) is 0 Å². The zero-order valence-electron chi connectivity index (χ0n) is 17.1. The standard InChI is InChI=1S/C21H40O4/c1-6-7-8-9-10-11-12-13-16-24-19(22)14-15-20(23)25-21(17(2)3)18(4)5/h17-18,21H,6-16H2,1-5H3. The van der Waals surface area contributed by atoms with Crippen LogP contribution < -0.4 is 0 Å².